The highest BCUT2D eigenvalue weighted by Crippen LogP contribution is 2.24. The Bertz CT molecular complexity index is 871. The van der Waals surface area contributed by atoms with Gasteiger partial charge in [-0.2, -0.15) is 5.10 Å². The molecule has 5 nitrogen and oxygen atoms in total. The van der Waals surface area contributed by atoms with Crippen LogP contribution in [0.5, 0.6) is 5.75 Å². The highest BCUT2D eigenvalue weighted by atomic mass is 32.1. The van der Waals surface area contributed by atoms with Gasteiger partial charge in [-0.3, -0.25) is 9.48 Å². The van der Waals surface area contributed by atoms with Crippen LogP contribution in [-0.4, -0.2) is 29.3 Å². The molecule has 2 heterocycles. The molecule has 0 aliphatic heterocycles. The van der Waals surface area contributed by atoms with Gasteiger partial charge < -0.3 is 10.1 Å². The number of nitrogens with one attached hydrogen (secondary N) is 1. The zero-order chi connectivity index (χ0) is 18.5. The minimum atomic E-state index is -0.0126. The van der Waals surface area contributed by atoms with E-state index in [9.17, 15) is 4.79 Å². The fourth-order valence-corrected chi connectivity index (χ4v) is 3.80. The fourth-order valence-electron chi connectivity index (χ4n) is 2.99. The summed E-state index contributed by atoms with van der Waals surface area (Å²) in [4.78, 5) is 13.6. The van der Waals surface area contributed by atoms with Gasteiger partial charge in [0.1, 0.15) is 11.8 Å². The summed E-state index contributed by atoms with van der Waals surface area (Å²) in [7, 11) is 1.62. The second-order valence-electron chi connectivity index (χ2n) is 6.24. The molecule has 136 valence electrons. The van der Waals surface area contributed by atoms with Gasteiger partial charge in [0.2, 0.25) is 5.91 Å². The second-order valence-corrected chi connectivity index (χ2v) is 7.21. The first-order chi connectivity index (χ1) is 12.6. The zero-order valence-corrected chi connectivity index (χ0v) is 16.0. The van der Waals surface area contributed by atoms with Crippen molar-refractivity contribution in [3.8, 4) is 5.75 Å². The largest absolute Gasteiger partial charge is 0.497 e. The summed E-state index contributed by atoms with van der Waals surface area (Å²) >= 11 is 1.68. The molecule has 26 heavy (non-hydrogen) atoms. The molecule has 1 atom stereocenters. The molecule has 0 saturated carbocycles. The molecule has 1 N–H and O–H groups in total. The van der Waals surface area contributed by atoms with Gasteiger partial charge in [0.25, 0.3) is 0 Å². The molecule has 1 unspecified atom stereocenters. The van der Waals surface area contributed by atoms with E-state index in [0.29, 0.717) is 13.0 Å². The minimum Gasteiger partial charge on any atom is -0.497 e. The van der Waals surface area contributed by atoms with Gasteiger partial charge >= 0.3 is 0 Å². The van der Waals surface area contributed by atoms with E-state index in [-0.39, 0.29) is 11.9 Å². The Morgan fingerprint density at radius 2 is 2.12 bits per heavy atom. The summed E-state index contributed by atoms with van der Waals surface area (Å²) in [6.45, 7) is 4.53. The van der Waals surface area contributed by atoms with Gasteiger partial charge in [-0.25, -0.2) is 0 Å². The van der Waals surface area contributed by atoms with Crippen LogP contribution in [-0.2, 0) is 11.2 Å². The molecule has 0 saturated heterocycles. The number of aryl methyl sites for hydroxylation is 2. The van der Waals surface area contributed by atoms with Crippen molar-refractivity contribution in [2.24, 2.45) is 0 Å². The monoisotopic (exact) mass is 369 g/mol. The number of hydrogen-bond acceptors (Lipinski definition) is 4. The van der Waals surface area contributed by atoms with Gasteiger partial charge in [0.15, 0.2) is 0 Å². The van der Waals surface area contributed by atoms with Crippen LogP contribution >= 0.6 is 11.3 Å². The predicted molar refractivity (Wildman–Crippen MR) is 104 cm³/mol. The van der Waals surface area contributed by atoms with Gasteiger partial charge in [0.05, 0.1) is 19.2 Å². The molecule has 3 aromatic rings. The Morgan fingerprint density at radius 1 is 1.27 bits per heavy atom. The third kappa shape index (κ3) is 4.32. The summed E-state index contributed by atoms with van der Waals surface area (Å²) in [5, 5.41) is 9.71. The number of carbonyl (C=O) groups excluding carboxylic acids is 1. The molecule has 0 bridgehead atoms. The van der Waals surface area contributed by atoms with Crippen molar-refractivity contribution in [3.05, 3.63) is 69.7 Å². The van der Waals surface area contributed by atoms with Crippen molar-refractivity contribution in [2.45, 2.75) is 26.3 Å². The number of methoxy groups -OCH3 is 1. The summed E-state index contributed by atoms with van der Waals surface area (Å²) in [6, 6.07) is 13.7. The van der Waals surface area contributed by atoms with Crippen molar-refractivity contribution in [1.29, 1.82) is 0 Å². The molecule has 1 aromatic carbocycles. The van der Waals surface area contributed by atoms with E-state index in [4.69, 9.17) is 4.74 Å². The average Bonchev–Trinajstić information content (AvgIpc) is 3.26. The first-order valence-electron chi connectivity index (χ1n) is 8.52. The maximum absolute atomic E-state index is 12.4. The zero-order valence-electron chi connectivity index (χ0n) is 15.2. The highest BCUT2D eigenvalue weighted by molar-refractivity contribution is 7.10. The number of thiophene rings is 1. The van der Waals surface area contributed by atoms with Gasteiger partial charge in [-0.05, 0) is 49.1 Å². The molecule has 0 radical (unpaired) electrons. The second kappa shape index (κ2) is 8.19. The van der Waals surface area contributed by atoms with Crippen LogP contribution in [0.2, 0.25) is 0 Å². The molecular formula is C20H23N3O2S. The number of aromatic nitrogens is 2. The van der Waals surface area contributed by atoms with Crippen LogP contribution in [0, 0.1) is 13.8 Å². The van der Waals surface area contributed by atoms with Crippen LogP contribution in [0.25, 0.3) is 0 Å². The van der Waals surface area contributed by atoms with Gasteiger partial charge in [-0.15, -0.1) is 11.3 Å². The molecular weight excluding hydrogens is 346 g/mol. The maximum atomic E-state index is 12.4. The molecule has 0 aliphatic rings. The summed E-state index contributed by atoms with van der Waals surface area (Å²) in [5.41, 5.74) is 3.00. The molecule has 1 amide bonds. The Morgan fingerprint density at radius 3 is 2.77 bits per heavy atom. The maximum Gasteiger partial charge on any atom is 0.224 e. The van der Waals surface area contributed by atoms with E-state index in [1.54, 1.807) is 18.4 Å². The lowest BCUT2D eigenvalue weighted by Gasteiger charge is -2.19. The Labute approximate surface area is 157 Å². The normalized spacial score (nSPS) is 12.0. The molecule has 6 heteroatoms. The predicted octanol–water partition coefficient (Wildman–Crippen LogP) is 3.52. The lowest BCUT2D eigenvalue weighted by atomic mass is 10.1. The van der Waals surface area contributed by atoms with Crippen LogP contribution < -0.4 is 10.1 Å². The van der Waals surface area contributed by atoms with E-state index in [1.165, 1.54) is 4.88 Å². The van der Waals surface area contributed by atoms with Crippen LogP contribution in [0.3, 0.4) is 0 Å². The number of nitrogens with zero attached hydrogens (tertiary/aromatic N) is 2. The standard InChI is InChI=1S/C20H23N3O2S/c1-14-10-15(2)23(22-14)18(19-8-5-9-26-19)13-21-20(24)12-16-6-4-7-17(11-16)25-3/h4-11,18H,12-13H2,1-3H3,(H,21,24). The fraction of sp³-hybridized carbons (Fsp3) is 0.300. The lowest BCUT2D eigenvalue weighted by molar-refractivity contribution is -0.120. The van der Waals surface area contributed by atoms with Crippen LogP contribution in [0.4, 0.5) is 0 Å². The highest BCUT2D eigenvalue weighted by Gasteiger charge is 2.19. The summed E-state index contributed by atoms with van der Waals surface area (Å²) in [5.74, 6) is 0.746. The Kier molecular flexibility index (Phi) is 5.73. The van der Waals surface area contributed by atoms with Gasteiger partial charge in [-0.1, -0.05) is 18.2 Å². The third-order valence-corrected chi connectivity index (χ3v) is 5.18. The molecule has 0 aliphatic carbocycles. The van der Waals surface area contributed by atoms with E-state index >= 15 is 0 Å². The van der Waals surface area contributed by atoms with Gasteiger partial charge in [0, 0.05) is 17.1 Å². The van der Waals surface area contributed by atoms with Crippen molar-refractivity contribution >= 4 is 17.2 Å². The van der Waals surface area contributed by atoms with E-state index in [1.807, 2.05) is 54.2 Å². The van der Waals surface area contributed by atoms with E-state index in [2.05, 4.69) is 22.5 Å². The number of benzene rings is 1. The Hall–Kier alpha value is -2.60. The quantitative estimate of drug-likeness (QED) is 0.693. The summed E-state index contributed by atoms with van der Waals surface area (Å²) < 4.78 is 7.21. The number of rotatable bonds is 7. The van der Waals surface area contributed by atoms with Crippen molar-refractivity contribution in [2.75, 3.05) is 13.7 Å². The Balaban J connectivity index is 1.70. The van der Waals surface area contributed by atoms with Crippen LogP contribution in [0.15, 0.2) is 47.8 Å². The number of amides is 1. The first-order valence-corrected chi connectivity index (χ1v) is 9.40. The van der Waals surface area contributed by atoms with Crippen molar-refractivity contribution in [3.63, 3.8) is 0 Å². The third-order valence-electron chi connectivity index (χ3n) is 4.20. The number of hydrogen-bond donors (Lipinski definition) is 1. The molecule has 2 aromatic heterocycles. The van der Waals surface area contributed by atoms with Crippen molar-refractivity contribution < 1.29 is 9.53 Å². The lowest BCUT2D eigenvalue weighted by Crippen LogP contribution is -2.32. The number of carbonyl (C=O) groups is 1. The number of ether oxygens (including phenoxy) is 1. The minimum absolute atomic E-state index is 0.00189. The first kappa shape index (κ1) is 18.2. The van der Waals surface area contributed by atoms with E-state index < -0.39 is 0 Å². The topological polar surface area (TPSA) is 56.1 Å². The average molecular weight is 369 g/mol. The SMILES string of the molecule is COc1cccc(CC(=O)NCC(c2cccs2)n2nc(C)cc2C)c1. The van der Waals surface area contributed by atoms with Crippen LogP contribution in [0.1, 0.15) is 27.9 Å². The molecule has 0 spiro atoms. The smallest absolute Gasteiger partial charge is 0.224 e. The molecule has 0 fully saturated rings. The van der Waals surface area contributed by atoms with Crippen molar-refractivity contribution in [1.82, 2.24) is 15.1 Å². The summed E-state index contributed by atoms with van der Waals surface area (Å²) in [6.07, 6.45) is 0.325. The van der Waals surface area contributed by atoms with E-state index in [0.717, 1.165) is 22.7 Å². The molecule has 3 rings (SSSR count).